The van der Waals surface area contributed by atoms with Gasteiger partial charge in [-0.05, 0) is 30.4 Å². The van der Waals surface area contributed by atoms with Gasteiger partial charge in [-0.25, -0.2) is 0 Å². The summed E-state index contributed by atoms with van der Waals surface area (Å²) in [5.41, 5.74) is 0.734. The van der Waals surface area contributed by atoms with Gasteiger partial charge in [0.2, 0.25) is 0 Å². The van der Waals surface area contributed by atoms with Crippen molar-refractivity contribution in [2.75, 3.05) is 0 Å². The Morgan fingerprint density at radius 1 is 0.600 bits per heavy atom. The van der Waals surface area contributed by atoms with E-state index >= 15 is 0 Å². The Kier molecular flexibility index (Phi) is 23.3. The van der Waals surface area contributed by atoms with Crippen molar-refractivity contribution in [3.8, 4) is 0 Å². The van der Waals surface area contributed by atoms with Gasteiger partial charge in [0.25, 0.3) is 10.1 Å². The van der Waals surface area contributed by atoms with Gasteiger partial charge in [0.05, 0.1) is 4.90 Å². The van der Waals surface area contributed by atoms with Gasteiger partial charge in [-0.15, -0.1) is 0 Å². The predicted molar refractivity (Wildman–Crippen MR) is 153 cm³/mol. The molecule has 0 unspecified atom stereocenters. The van der Waals surface area contributed by atoms with Crippen LogP contribution in [0, 0.1) is 5.92 Å². The summed E-state index contributed by atoms with van der Waals surface area (Å²) in [6.45, 7) is 4.65. The minimum Gasteiger partial charge on any atom is -0.282 e. The number of unbranched alkanes of at least 4 members (excludes halogenated alkanes) is 18. The van der Waals surface area contributed by atoms with Crippen molar-refractivity contribution in [1.29, 1.82) is 0 Å². The van der Waals surface area contributed by atoms with E-state index in [-0.39, 0.29) is 34.5 Å². The van der Waals surface area contributed by atoms with Crippen molar-refractivity contribution in [2.45, 2.75) is 154 Å². The first-order valence-corrected chi connectivity index (χ1v) is 15.9. The van der Waals surface area contributed by atoms with Gasteiger partial charge >= 0.3 is 0 Å². The zero-order chi connectivity index (χ0) is 24.9. The number of hydrogen-bond acceptors (Lipinski definition) is 2. The van der Waals surface area contributed by atoms with Crippen molar-refractivity contribution in [2.24, 2.45) is 5.92 Å². The molecule has 0 aliphatic heterocycles. The van der Waals surface area contributed by atoms with Crippen LogP contribution in [0.2, 0.25) is 0 Å². The number of benzene rings is 1. The van der Waals surface area contributed by atoms with Crippen LogP contribution in [0.3, 0.4) is 0 Å². The minimum atomic E-state index is -4.11. The van der Waals surface area contributed by atoms with Gasteiger partial charge in [-0.1, -0.05) is 154 Å². The Hall–Kier alpha value is 0.130. The van der Waals surface area contributed by atoms with Gasteiger partial charge in [-0.2, -0.15) is 8.42 Å². The largest absolute Gasteiger partial charge is 0.294 e. The average Bonchev–Trinajstić information content (AvgIpc) is 2.79. The minimum absolute atomic E-state index is 0. The summed E-state index contributed by atoms with van der Waals surface area (Å²) in [7, 11) is -4.11. The van der Waals surface area contributed by atoms with Crippen molar-refractivity contribution in [3.05, 3.63) is 29.8 Å². The molecule has 0 saturated heterocycles. The van der Waals surface area contributed by atoms with Crippen LogP contribution in [0.1, 0.15) is 148 Å². The third-order valence-electron chi connectivity index (χ3n) is 6.98. The first-order valence-electron chi connectivity index (χ1n) is 14.5. The summed E-state index contributed by atoms with van der Waals surface area (Å²) in [6, 6.07) is 6.79. The fourth-order valence-electron chi connectivity index (χ4n) is 4.84. The fraction of sp³-hybridized carbons (Fsp3) is 0.800. The van der Waals surface area contributed by atoms with E-state index in [2.05, 4.69) is 13.8 Å². The van der Waals surface area contributed by atoms with E-state index in [1.807, 2.05) is 6.07 Å². The van der Waals surface area contributed by atoms with Gasteiger partial charge in [-0.3, -0.25) is 4.55 Å². The SMILES string of the molecule is CC(C)CCCCCCCCCCCCCCCCCCCCCc1ccccc1S(=O)(=O)O.[Na]. The second kappa shape index (κ2) is 23.3. The first kappa shape index (κ1) is 35.1. The number of rotatable bonds is 23. The van der Waals surface area contributed by atoms with E-state index in [9.17, 15) is 13.0 Å². The third-order valence-corrected chi connectivity index (χ3v) is 7.93. The first-order chi connectivity index (χ1) is 16.4. The van der Waals surface area contributed by atoms with Gasteiger partial charge in [0, 0.05) is 29.6 Å². The third kappa shape index (κ3) is 20.8. The van der Waals surface area contributed by atoms with Gasteiger partial charge in [0.1, 0.15) is 0 Å². The molecule has 199 valence electrons. The molecule has 1 aromatic carbocycles. The molecule has 0 spiro atoms. The normalized spacial score (nSPS) is 11.7. The van der Waals surface area contributed by atoms with Crippen molar-refractivity contribution >= 4 is 39.7 Å². The quantitative estimate of drug-likeness (QED) is 0.0893. The molecule has 1 aromatic rings. The van der Waals surface area contributed by atoms with E-state index in [4.69, 9.17) is 0 Å². The van der Waals surface area contributed by atoms with E-state index < -0.39 is 10.1 Å². The summed E-state index contributed by atoms with van der Waals surface area (Å²) in [6.07, 6.45) is 27.9. The van der Waals surface area contributed by atoms with Crippen molar-refractivity contribution < 1.29 is 13.0 Å². The second-order valence-electron chi connectivity index (χ2n) is 10.7. The Labute approximate surface area is 240 Å². The molecule has 35 heavy (non-hydrogen) atoms. The molecule has 0 heterocycles. The molecule has 1 radical (unpaired) electrons. The standard InChI is InChI=1S/C30H54O3S.Na/c1-28(2)24-20-18-16-14-12-10-8-6-4-3-5-7-9-11-13-15-17-19-21-25-29-26-22-23-27-30(29)34(31,32)33;/h22-23,26-28H,3-21,24-25H2,1-2H3,(H,31,32,33);. The smallest absolute Gasteiger partial charge is 0.282 e. The van der Waals surface area contributed by atoms with Crippen LogP contribution in [-0.4, -0.2) is 42.5 Å². The maximum Gasteiger partial charge on any atom is 0.294 e. The second-order valence-corrected chi connectivity index (χ2v) is 12.1. The van der Waals surface area contributed by atoms with E-state index in [1.54, 1.807) is 12.1 Å². The van der Waals surface area contributed by atoms with Crippen LogP contribution >= 0.6 is 0 Å². The van der Waals surface area contributed by atoms with Crippen molar-refractivity contribution in [3.63, 3.8) is 0 Å². The Bertz CT molecular complexity index is 703. The predicted octanol–water partition coefficient (Wildman–Crippen LogP) is 9.55. The molecule has 1 rings (SSSR count). The maximum absolute atomic E-state index is 11.4. The molecule has 0 aliphatic carbocycles. The van der Waals surface area contributed by atoms with Crippen LogP contribution in [-0.2, 0) is 16.5 Å². The molecule has 0 amide bonds. The summed E-state index contributed by atoms with van der Waals surface area (Å²) < 4.78 is 32.2. The van der Waals surface area contributed by atoms with Gasteiger partial charge < -0.3 is 0 Å². The van der Waals surface area contributed by atoms with Crippen LogP contribution in [0.15, 0.2) is 29.2 Å². The Balaban J connectivity index is 0.0000116. The van der Waals surface area contributed by atoms with Crippen molar-refractivity contribution in [1.82, 2.24) is 0 Å². The molecular formula is C30H54NaO3S. The molecule has 1 N–H and O–H groups in total. The zero-order valence-corrected chi connectivity index (χ0v) is 26.2. The Morgan fingerprint density at radius 2 is 0.943 bits per heavy atom. The van der Waals surface area contributed by atoms with E-state index in [0.29, 0.717) is 6.42 Å². The molecule has 0 fully saturated rings. The maximum atomic E-state index is 11.4. The fourth-order valence-corrected chi connectivity index (χ4v) is 5.59. The van der Waals surface area contributed by atoms with Crippen LogP contribution in [0.25, 0.3) is 0 Å². The summed E-state index contributed by atoms with van der Waals surface area (Å²) >= 11 is 0. The molecule has 3 nitrogen and oxygen atoms in total. The Morgan fingerprint density at radius 3 is 1.31 bits per heavy atom. The molecule has 5 heteroatoms. The summed E-state index contributed by atoms with van der Waals surface area (Å²) in [4.78, 5) is 0.0675. The molecule has 0 aromatic heterocycles. The van der Waals surface area contributed by atoms with Gasteiger partial charge in [0.15, 0.2) is 0 Å². The molecule has 0 atom stereocenters. The molecule has 0 saturated carbocycles. The van der Waals surface area contributed by atoms with Crippen LogP contribution in [0.5, 0.6) is 0 Å². The zero-order valence-electron chi connectivity index (χ0n) is 23.4. The number of aryl methyl sites for hydroxylation is 1. The molecular weight excluding hydrogens is 463 g/mol. The average molecular weight is 518 g/mol. The monoisotopic (exact) mass is 517 g/mol. The molecule has 0 bridgehead atoms. The number of hydrogen-bond donors (Lipinski definition) is 1. The molecule has 0 aliphatic rings. The van der Waals surface area contributed by atoms with Crippen LogP contribution in [0.4, 0.5) is 0 Å². The van der Waals surface area contributed by atoms with Crippen LogP contribution < -0.4 is 0 Å². The summed E-state index contributed by atoms with van der Waals surface area (Å²) in [5.74, 6) is 0.871. The van der Waals surface area contributed by atoms with E-state index in [1.165, 1.54) is 122 Å². The van der Waals surface area contributed by atoms with E-state index in [0.717, 1.165) is 24.3 Å². The topological polar surface area (TPSA) is 54.4 Å². The summed E-state index contributed by atoms with van der Waals surface area (Å²) in [5, 5.41) is 0.